The van der Waals surface area contributed by atoms with Crippen molar-refractivity contribution in [2.75, 3.05) is 0 Å². The van der Waals surface area contributed by atoms with E-state index in [1.807, 2.05) is 30.3 Å². The summed E-state index contributed by atoms with van der Waals surface area (Å²) in [5, 5.41) is 12.4. The van der Waals surface area contributed by atoms with E-state index in [4.69, 9.17) is 11.6 Å². The van der Waals surface area contributed by atoms with E-state index < -0.39 is 0 Å². The molecule has 0 saturated heterocycles. The summed E-state index contributed by atoms with van der Waals surface area (Å²) in [5.41, 5.74) is 2.06. The molecule has 3 aromatic rings. The van der Waals surface area contributed by atoms with Crippen molar-refractivity contribution in [2.45, 2.75) is 0 Å². The summed E-state index contributed by atoms with van der Waals surface area (Å²) < 4.78 is 0. The Kier molecular flexibility index (Phi) is 2.69. The average Bonchev–Trinajstić information content (AvgIpc) is 2.41. The van der Waals surface area contributed by atoms with Gasteiger partial charge < -0.3 is 5.11 Å². The fourth-order valence-corrected chi connectivity index (χ4v) is 2.27. The molecule has 0 saturated carbocycles. The van der Waals surface area contributed by atoms with Gasteiger partial charge in [0.05, 0.1) is 5.02 Å². The summed E-state index contributed by atoms with van der Waals surface area (Å²) in [4.78, 5) is 0. The number of benzene rings is 3. The van der Waals surface area contributed by atoms with Crippen molar-refractivity contribution >= 4 is 22.4 Å². The highest BCUT2D eigenvalue weighted by atomic mass is 35.5. The molecule has 2 heteroatoms. The third-order valence-electron chi connectivity index (χ3n) is 3.05. The van der Waals surface area contributed by atoms with E-state index in [0.717, 1.165) is 11.1 Å². The molecule has 0 fully saturated rings. The van der Waals surface area contributed by atoms with Crippen LogP contribution in [0, 0.1) is 0 Å². The van der Waals surface area contributed by atoms with Crippen molar-refractivity contribution in [1.29, 1.82) is 0 Å². The Morgan fingerprint density at radius 2 is 1.61 bits per heavy atom. The molecule has 3 aromatic carbocycles. The Morgan fingerprint density at radius 1 is 0.833 bits per heavy atom. The smallest absolute Gasteiger partial charge is 0.134 e. The molecule has 0 bridgehead atoms. The van der Waals surface area contributed by atoms with Crippen LogP contribution < -0.4 is 0 Å². The zero-order valence-electron chi connectivity index (χ0n) is 9.60. The fraction of sp³-hybridized carbons (Fsp3) is 0. The van der Waals surface area contributed by atoms with Gasteiger partial charge in [0.15, 0.2) is 0 Å². The molecule has 0 amide bonds. The maximum absolute atomic E-state index is 9.70. The van der Waals surface area contributed by atoms with Crippen molar-refractivity contribution < 1.29 is 5.11 Å². The molecule has 0 aliphatic carbocycles. The molecule has 3 rings (SSSR count). The van der Waals surface area contributed by atoms with Crippen LogP contribution >= 0.6 is 11.6 Å². The second-order valence-electron chi connectivity index (χ2n) is 4.19. The molecular weight excluding hydrogens is 244 g/mol. The van der Waals surface area contributed by atoms with Crippen LogP contribution in [0.1, 0.15) is 0 Å². The first kappa shape index (κ1) is 11.1. The third-order valence-corrected chi connectivity index (χ3v) is 3.37. The lowest BCUT2D eigenvalue weighted by Crippen LogP contribution is -1.81. The minimum Gasteiger partial charge on any atom is -0.506 e. The van der Waals surface area contributed by atoms with Crippen LogP contribution in [-0.2, 0) is 0 Å². The molecule has 1 nitrogen and oxygen atoms in total. The highest BCUT2D eigenvalue weighted by molar-refractivity contribution is 6.32. The van der Waals surface area contributed by atoms with Gasteiger partial charge in [0.1, 0.15) is 5.75 Å². The summed E-state index contributed by atoms with van der Waals surface area (Å²) >= 11 is 5.84. The molecule has 1 N–H and O–H groups in total. The Labute approximate surface area is 110 Å². The van der Waals surface area contributed by atoms with Gasteiger partial charge in [0.25, 0.3) is 0 Å². The van der Waals surface area contributed by atoms with E-state index in [1.165, 1.54) is 10.8 Å². The van der Waals surface area contributed by atoms with Gasteiger partial charge in [-0.2, -0.15) is 0 Å². The third kappa shape index (κ3) is 1.83. The Hall–Kier alpha value is -1.99. The Balaban J connectivity index is 2.28. The van der Waals surface area contributed by atoms with Gasteiger partial charge in [0.2, 0.25) is 0 Å². The Morgan fingerprint density at radius 3 is 2.44 bits per heavy atom. The predicted octanol–water partition coefficient (Wildman–Crippen LogP) is 4.87. The van der Waals surface area contributed by atoms with E-state index in [2.05, 4.69) is 18.2 Å². The number of aromatic hydroxyl groups is 1. The van der Waals surface area contributed by atoms with Gasteiger partial charge in [-0.05, 0) is 34.0 Å². The lowest BCUT2D eigenvalue weighted by molar-refractivity contribution is 0.476. The number of fused-ring (bicyclic) bond motifs is 1. The maximum atomic E-state index is 9.70. The first-order valence-electron chi connectivity index (χ1n) is 5.72. The molecule has 88 valence electrons. The first-order chi connectivity index (χ1) is 8.75. The Bertz CT molecular complexity index is 714. The van der Waals surface area contributed by atoms with Gasteiger partial charge in [-0.15, -0.1) is 0 Å². The van der Waals surface area contributed by atoms with E-state index in [1.54, 1.807) is 12.1 Å². The zero-order chi connectivity index (χ0) is 12.5. The summed E-state index contributed by atoms with van der Waals surface area (Å²) in [5.74, 6) is 0.113. The molecule has 0 atom stereocenters. The van der Waals surface area contributed by atoms with Crippen LogP contribution in [0.4, 0.5) is 0 Å². The van der Waals surface area contributed by atoms with Crippen LogP contribution in [-0.4, -0.2) is 5.11 Å². The maximum Gasteiger partial charge on any atom is 0.134 e. The molecular formula is C16H11ClO. The van der Waals surface area contributed by atoms with Crippen LogP contribution in [0.5, 0.6) is 5.75 Å². The second kappa shape index (κ2) is 4.35. The summed E-state index contributed by atoms with van der Waals surface area (Å²) in [6.07, 6.45) is 0. The first-order valence-corrected chi connectivity index (χ1v) is 6.10. The molecule has 0 radical (unpaired) electrons. The van der Waals surface area contributed by atoms with Gasteiger partial charge in [-0.3, -0.25) is 0 Å². The zero-order valence-corrected chi connectivity index (χ0v) is 10.4. The lowest BCUT2D eigenvalue weighted by Gasteiger charge is -2.07. The van der Waals surface area contributed by atoms with Crippen LogP contribution in [0.25, 0.3) is 21.9 Å². The van der Waals surface area contributed by atoms with E-state index in [9.17, 15) is 5.11 Å². The van der Waals surface area contributed by atoms with Crippen molar-refractivity contribution in [3.8, 4) is 16.9 Å². The fourth-order valence-electron chi connectivity index (χ4n) is 2.16. The molecule has 0 aliphatic heterocycles. The normalized spacial score (nSPS) is 10.7. The minimum absolute atomic E-state index is 0.113. The molecule has 0 aromatic heterocycles. The quantitative estimate of drug-likeness (QED) is 0.657. The van der Waals surface area contributed by atoms with Crippen molar-refractivity contribution in [3.63, 3.8) is 0 Å². The van der Waals surface area contributed by atoms with Crippen molar-refractivity contribution in [3.05, 3.63) is 65.7 Å². The predicted molar refractivity (Wildman–Crippen MR) is 76.1 cm³/mol. The van der Waals surface area contributed by atoms with Crippen LogP contribution in [0.2, 0.25) is 5.02 Å². The van der Waals surface area contributed by atoms with Crippen LogP contribution in [0.3, 0.4) is 0 Å². The number of halogens is 1. The number of hydrogen-bond acceptors (Lipinski definition) is 1. The highest BCUT2D eigenvalue weighted by Crippen LogP contribution is 2.33. The van der Waals surface area contributed by atoms with E-state index in [-0.39, 0.29) is 5.75 Å². The average molecular weight is 255 g/mol. The standard InChI is InChI=1S/C16H11ClO/c17-15-9-8-12(10-16(15)18)14-7-3-5-11-4-1-2-6-13(11)14/h1-10,18H. The second-order valence-corrected chi connectivity index (χ2v) is 4.60. The lowest BCUT2D eigenvalue weighted by atomic mass is 9.98. The van der Waals surface area contributed by atoms with Gasteiger partial charge >= 0.3 is 0 Å². The molecule has 0 heterocycles. The van der Waals surface area contributed by atoms with Crippen molar-refractivity contribution in [1.82, 2.24) is 0 Å². The molecule has 0 spiro atoms. The number of hydrogen-bond donors (Lipinski definition) is 1. The van der Waals surface area contributed by atoms with E-state index >= 15 is 0 Å². The van der Waals surface area contributed by atoms with E-state index in [0.29, 0.717) is 5.02 Å². The number of phenols is 1. The molecule has 18 heavy (non-hydrogen) atoms. The van der Waals surface area contributed by atoms with Gasteiger partial charge in [0, 0.05) is 0 Å². The minimum atomic E-state index is 0.113. The van der Waals surface area contributed by atoms with Crippen molar-refractivity contribution in [2.24, 2.45) is 0 Å². The monoisotopic (exact) mass is 254 g/mol. The SMILES string of the molecule is Oc1cc(-c2cccc3ccccc23)ccc1Cl. The van der Waals surface area contributed by atoms with Gasteiger partial charge in [-0.1, -0.05) is 60.1 Å². The summed E-state index contributed by atoms with van der Waals surface area (Å²) in [6.45, 7) is 0. The molecule has 0 unspecified atom stereocenters. The largest absolute Gasteiger partial charge is 0.506 e. The van der Waals surface area contributed by atoms with Crippen LogP contribution in [0.15, 0.2) is 60.7 Å². The van der Waals surface area contributed by atoms with Gasteiger partial charge in [-0.25, -0.2) is 0 Å². The number of rotatable bonds is 1. The topological polar surface area (TPSA) is 20.2 Å². The highest BCUT2D eigenvalue weighted by Gasteiger charge is 2.05. The summed E-state index contributed by atoms with van der Waals surface area (Å²) in [7, 11) is 0. The molecule has 0 aliphatic rings. The summed E-state index contributed by atoms with van der Waals surface area (Å²) in [6, 6.07) is 19.7. The number of phenolic OH excluding ortho intramolecular Hbond substituents is 1.